The lowest BCUT2D eigenvalue weighted by Crippen LogP contribution is -2.51. The Kier molecular flexibility index (Phi) is 2.46. The zero-order valence-electron chi connectivity index (χ0n) is 5.97. The first-order chi connectivity index (χ1) is 4.72. The molecule has 0 aliphatic rings. The summed E-state index contributed by atoms with van der Waals surface area (Å²) in [7, 11) is 0. The molecule has 1 nitrogen and oxygen atoms in total. The predicted molar refractivity (Wildman–Crippen MR) is 45.4 cm³/mol. The molecule has 1 aromatic carbocycles. The zero-order chi connectivity index (χ0) is 7.56. The van der Waals surface area contributed by atoms with E-state index in [4.69, 9.17) is 0 Å². The Balaban J connectivity index is 3.03. The molecule has 0 aliphatic carbocycles. The van der Waals surface area contributed by atoms with E-state index in [0.29, 0.717) is 6.04 Å². The van der Waals surface area contributed by atoms with Gasteiger partial charge in [-0.1, -0.05) is 34.1 Å². The first-order valence-corrected chi connectivity index (χ1v) is 4.08. The van der Waals surface area contributed by atoms with Crippen molar-refractivity contribution in [2.24, 2.45) is 0 Å². The molecular weight excluding hydrogens is 190 g/mol. The average Bonchev–Trinajstić information content (AvgIpc) is 1.88. The molecule has 0 unspecified atom stereocenters. The van der Waals surface area contributed by atoms with Gasteiger partial charge in [0.05, 0.1) is 0 Å². The maximum absolute atomic E-state index is 3.94. The normalized spacial score (nSPS) is 13.1. The molecule has 54 valence electrons. The van der Waals surface area contributed by atoms with Gasteiger partial charge in [0.25, 0.3) is 0 Å². The maximum Gasteiger partial charge on any atom is 0.108 e. The van der Waals surface area contributed by atoms with Crippen molar-refractivity contribution in [1.82, 2.24) is 0 Å². The topological polar surface area (TPSA) is 27.6 Å². The van der Waals surface area contributed by atoms with Crippen LogP contribution in [0.25, 0.3) is 0 Å². The number of quaternary nitrogens is 1. The molecule has 1 aromatic rings. The quantitative estimate of drug-likeness (QED) is 0.716. The molecule has 3 N–H and O–H groups in total. The summed E-state index contributed by atoms with van der Waals surface area (Å²) in [6, 6.07) is 8.52. The fourth-order valence-corrected chi connectivity index (χ4v) is 1.55. The second-order valence-corrected chi connectivity index (χ2v) is 3.28. The number of hydrogen-bond donors (Lipinski definition) is 1. The summed E-state index contributed by atoms with van der Waals surface area (Å²) in [5, 5.41) is 0. The molecule has 0 aromatic heterocycles. The van der Waals surface area contributed by atoms with Gasteiger partial charge in [0.1, 0.15) is 6.04 Å². The molecule has 1 atom stereocenters. The zero-order valence-corrected chi connectivity index (χ0v) is 7.56. The molecule has 0 aliphatic heterocycles. The van der Waals surface area contributed by atoms with E-state index in [1.807, 2.05) is 18.2 Å². The minimum absolute atomic E-state index is 0.357. The van der Waals surface area contributed by atoms with E-state index < -0.39 is 0 Å². The minimum atomic E-state index is 0.357. The SMILES string of the molecule is C[C@H]([NH3+])c1ccccc1Br. The van der Waals surface area contributed by atoms with Gasteiger partial charge >= 0.3 is 0 Å². The van der Waals surface area contributed by atoms with Crippen LogP contribution in [0.4, 0.5) is 0 Å². The van der Waals surface area contributed by atoms with Gasteiger partial charge in [-0.2, -0.15) is 0 Å². The molecule has 0 heterocycles. The Bertz CT molecular complexity index is 220. The van der Waals surface area contributed by atoms with Crippen LogP contribution in [-0.2, 0) is 0 Å². The van der Waals surface area contributed by atoms with Gasteiger partial charge < -0.3 is 5.73 Å². The van der Waals surface area contributed by atoms with Crippen molar-refractivity contribution in [3.8, 4) is 0 Å². The van der Waals surface area contributed by atoms with Crippen LogP contribution >= 0.6 is 15.9 Å². The summed E-state index contributed by atoms with van der Waals surface area (Å²) >= 11 is 3.46. The van der Waals surface area contributed by atoms with Gasteiger partial charge in [0, 0.05) is 10.0 Å². The van der Waals surface area contributed by atoms with Crippen LogP contribution in [0.15, 0.2) is 28.7 Å². The molecule has 0 bridgehead atoms. The van der Waals surface area contributed by atoms with Crippen LogP contribution in [0.3, 0.4) is 0 Å². The Morgan fingerprint density at radius 2 is 2.00 bits per heavy atom. The van der Waals surface area contributed by atoms with E-state index in [9.17, 15) is 0 Å². The van der Waals surface area contributed by atoms with Crippen LogP contribution in [0, 0.1) is 0 Å². The lowest BCUT2D eigenvalue weighted by atomic mass is 10.1. The number of rotatable bonds is 1. The third-order valence-corrected chi connectivity index (χ3v) is 2.16. The Labute approximate surface area is 69.4 Å². The molecule has 0 saturated carbocycles. The van der Waals surface area contributed by atoms with Gasteiger partial charge in [-0.25, -0.2) is 0 Å². The molecule has 0 spiro atoms. The second kappa shape index (κ2) is 3.17. The van der Waals surface area contributed by atoms with E-state index in [-0.39, 0.29) is 0 Å². The van der Waals surface area contributed by atoms with Crippen LogP contribution in [0.2, 0.25) is 0 Å². The fraction of sp³-hybridized carbons (Fsp3) is 0.250. The molecule has 0 fully saturated rings. The lowest BCUT2D eigenvalue weighted by Gasteiger charge is -2.03. The molecule has 1 rings (SSSR count). The molecule has 10 heavy (non-hydrogen) atoms. The standard InChI is InChI=1S/C8H10BrN/c1-6(10)7-4-2-3-5-8(7)9/h2-6H,10H2,1H3/p+1/t6-/m0/s1. The average molecular weight is 201 g/mol. The minimum Gasteiger partial charge on any atom is -0.352 e. The summed E-state index contributed by atoms with van der Waals surface area (Å²) in [6.45, 7) is 2.08. The summed E-state index contributed by atoms with van der Waals surface area (Å²) in [5.74, 6) is 0. The Hall–Kier alpha value is -0.340. The highest BCUT2D eigenvalue weighted by Crippen LogP contribution is 2.19. The van der Waals surface area contributed by atoms with Crippen molar-refractivity contribution in [3.63, 3.8) is 0 Å². The maximum atomic E-state index is 3.94. The van der Waals surface area contributed by atoms with Crippen molar-refractivity contribution in [1.29, 1.82) is 0 Å². The van der Waals surface area contributed by atoms with E-state index >= 15 is 0 Å². The number of halogens is 1. The highest BCUT2D eigenvalue weighted by Gasteiger charge is 2.04. The van der Waals surface area contributed by atoms with Gasteiger partial charge in [-0.3, -0.25) is 0 Å². The van der Waals surface area contributed by atoms with Gasteiger partial charge in [-0.15, -0.1) is 0 Å². The number of hydrogen-bond acceptors (Lipinski definition) is 0. The Morgan fingerprint density at radius 3 is 2.40 bits per heavy atom. The van der Waals surface area contributed by atoms with Crippen molar-refractivity contribution in [2.75, 3.05) is 0 Å². The lowest BCUT2D eigenvalue weighted by molar-refractivity contribution is -0.420. The molecular formula is C8H11BrN+. The largest absolute Gasteiger partial charge is 0.352 e. The highest BCUT2D eigenvalue weighted by molar-refractivity contribution is 9.10. The van der Waals surface area contributed by atoms with Crippen molar-refractivity contribution in [3.05, 3.63) is 34.3 Å². The third kappa shape index (κ3) is 1.58. The van der Waals surface area contributed by atoms with Crippen LogP contribution in [0.5, 0.6) is 0 Å². The summed E-state index contributed by atoms with van der Waals surface area (Å²) < 4.78 is 1.15. The molecule has 0 amide bonds. The predicted octanol–water partition coefficient (Wildman–Crippen LogP) is 1.75. The first-order valence-electron chi connectivity index (χ1n) is 3.29. The third-order valence-electron chi connectivity index (χ3n) is 1.44. The summed E-state index contributed by atoms with van der Waals surface area (Å²) in [6.07, 6.45) is 0. The van der Waals surface area contributed by atoms with Crippen molar-refractivity contribution >= 4 is 15.9 Å². The summed E-state index contributed by atoms with van der Waals surface area (Å²) in [5.41, 5.74) is 5.21. The smallest absolute Gasteiger partial charge is 0.108 e. The van der Waals surface area contributed by atoms with Gasteiger partial charge in [0.15, 0.2) is 0 Å². The van der Waals surface area contributed by atoms with E-state index in [0.717, 1.165) is 4.47 Å². The van der Waals surface area contributed by atoms with E-state index in [2.05, 4.69) is 34.7 Å². The van der Waals surface area contributed by atoms with E-state index in [1.54, 1.807) is 0 Å². The van der Waals surface area contributed by atoms with Crippen LogP contribution in [-0.4, -0.2) is 0 Å². The van der Waals surface area contributed by atoms with Gasteiger partial charge in [0.2, 0.25) is 0 Å². The second-order valence-electron chi connectivity index (χ2n) is 2.42. The molecule has 2 heteroatoms. The monoisotopic (exact) mass is 200 g/mol. The highest BCUT2D eigenvalue weighted by atomic mass is 79.9. The Morgan fingerprint density at radius 1 is 1.40 bits per heavy atom. The molecule has 0 saturated heterocycles. The van der Waals surface area contributed by atoms with Gasteiger partial charge in [-0.05, 0) is 13.0 Å². The van der Waals surface area contributed by atoms with Crippen molar-refractivity contribution < 1.29 is 5.73 Å². The molecule has 0 radical (unpaired) electrons. The van der Waals surface area contributed by atoms with Crippen LogP contribution in [0.1, 0.15) is 18.5 Å². The fourth-order valence-electron chi connectivity index (χ4n) is 0.875. The van der Waals surface area contributed by atoms with Crippen molar-refractivity contribution in [2.45, 2.75) is 13.0 Å². The summed E-state index contributed by atoms with van der Waals surface area (Å²) in [4.78, 5) is 0. The number of benzene rings is 1. The van der Waals surface area contributed by atoms with E-state index in [1.165, 1.54) is 5.56 Å². The first kappa shape index (κ1) is 7.76. The van der Waals surface area contributed by atoms with Crippen LogP contribution < -0.4 is 5.73 Å².